The lowest BCUT2D eigenvalue weighted by Crippen LogP contribution is -2.11. The average Bonchev–Trinajstić information content (AvgIpc) is 2.59. The zero-order valence-corrected chi connectivity index (χ0v) is 13.9. The molecule has 0 aliphatic carbocycles. The van der Waals surface area contributed by atoms with Gasteiger partial charge in [0.25, 0.3) is 5.91 Å². The first-order valence-electron chi connectivity index (χ1n) is 7.52. The van der Waals surface area contributed by atoms with Crippen LogP contribution in [0, 0.1) is 6.92 Å². The molecule has 120 valence electrons. The molecule has 3 nitrogen and oxygen atoms in total. The zero-order valence-electron chi connectivity index (χ0n) is 13.1. The van der Waals surface area contributed by atoms with E-state index in [1.54, 1.807) is 36.4 Å². The summed E-state index contributed by atoms with van der Waals surface area (Å²) in [5.41, 5.74) is 2.30. The van der Waals surface area contributed by atoms with E-state index in [0.29, 0.717) is 22.0 Å². The first-order valence-corrected chi connectivity index (χ1v) is 7.90. The van der Waals surface area contributed by atoms with Crippen LogP contribution in [0.25, 0.3) is 0 Å². The third kappa shape index (κ3) is 3.94. The van der Waals surface area contributed by atoms with Crippen LogP contribution < -0.4 is 10.1 Å². The van der Waals surface area contributed by atoms with Crippen LogP contribution in [0.4, 0.5) is 5.69 Å². The molecule has 3 rings (SSSR count). The van der Waals surface area contributed by atoms with Crippen molar-refractivity contribution in [1.82, 2.24) is 0 Å². The summed E-state index contributed by atoms with van der Waals surface area (Å²) in [6, 6.07) is 21.9. The van der Waals surface area contributed by atoms with Gasteiger partial charge in [-0.3, -0.25) is 4.79 Å². The van der Waals surface area contributed by atoms with E-state index in [0.717, 1.165) is 5.75 Å². The zero-order chi connectivity index (χ0) is 16.9. The van der Waals surface area contributed by atoms with E-state index in [4.69, 9.17) is 16.3 Å². The molecule has 0 heterocycles. The van der Waals surface area contributed by atoms with Crippen LogP contribution in [-0.2, 0) is 0 Å². The number of carbonyl (C=O) groups excluding carboxylic acids is 1. The molecule has 1 amide bonds. The van der Waals surface area contributed by atoms with Crippen LogP contribution in [-0.4, -0.2) is 5.91 Å². The number of aryl methyl sites for hydroxylation is 1. The average molecular weight is 338 g/mol. The van der Waals surface area contributed by atoms with Gasteiger partial charge in [-0.25, -0.2) is 0 Å². The standard InChI is InChI=1S/C20H16ClNO2/c1-14-6-10-16(11-7-14)24-17-12-8-15(9-13-17)20(23)22-19-5-3-2-4-18(19)21/h2-13H,1H3,(H,22,23). The minimum atomic E-state index is -0.218. The highest BCUT2D eigenvalue weighted by atomic mass is 35.5. The van der Waals surface area contributed by atoms with E-state index < -0.39 is 0 Å². The number of ether oxygens (including phenoxy) is 1. The molecule has 0 saturated heterocycles. The van der Waals surface area contributed by atoms with Gasteiger partial charge in [-0.2, -0.15) is 0 Å². The quantitative estimate of drug-likeness (QED) is 0.663. The second-order valence-electron chi connectivity index (χ2n) is 5.37. The first kappa shape index (κ1) is 16.1. The third-order valence-corrected chi connectivity index (χ3v) is 3.82. The number of carbonyl (C=O) groups is 1. The van der Waals surface area contributed by atoms with Gasteiger partial charge in [0.15, 0.2) is 0 Å². The Bertz CT molecular complexity index is 842. The molecule has 0 fully saturated rings. The molecule has 0 aliphatic rings. The summed E-state index contributed by atoms with van der Waals surface area (Å²) < 4.78 is 5.75. The van der Waals surface area contributed by atoms with Crippen molar-refractivity contribution in [2.75, 3.05) is 5.32 Å². The van der Waals surface area contributed by atoms with Gasteiger partial charge in [-0.1, -0.05) is 41.4 Å². The van der Waals surface area contributed by atoms with Crippen LogP contribution in [0.15, 0.2) is 72.8 Å². The van der Waals surface area contributed by atoms with Gasteiger partial charge in [0, 0.05) is 5.56 Å². The number of halogens is 1. The van der Waals surface area contributed by atoms with Gasteiger partial charge in [0.2, 0.25) is 0 Å². The molecule has 4 heteroatoms. The van der Waals surface area contributed by atoms with Gasteiger partial charge < -0.3 is 10.1 Å². The molecule has 0 spiro atoms. The van der Waals surface area contributed by atoms with Gasteiger partial charge in [0.1, 0.15) is 11.5 Å². The van der Waals surface area contributed by atoms with Gasteiger partial charge >= 0.3 is 0 Å². The number of nitrogens with one attached hydrogen (secondary N) is 1. The molecule has 1 N–H and O–H groups in total. The number of para-hydroxylation sites is 1. The van der Waals surface area contributed by atoms with Crippen molar-refractivity contribution < 1.29 is 9.53 Å². The summed E-state index contributed by atoms with van der Waals surface area (Å²) in [5, 5.41) is 3.29. The summed E-state index contributed by atoms with van der Waals surface area (Å²) in [4.78, 5) is 12.3. The second kappa shape index (κ2) is 7.20. The largest absolute Gasteiger partial charge is 0.457 e. The molecule has 0 radical (unpaired) electrons. The van der Waals surface area contributed by atoms with Gasteiger partial charge in [-0.15, -0.1) is 0 Å². The molecule has 0 bridgehead atoms. The predicted octanol–water partition coefficient (Wildman–Crippen LogP) is 5.69. The lowest BCUT2D eigenvalue weighted by molar-refractivity contribution is 0.102. The Morgan fingerprint density at radius 1 is 0.875 bits per heavy atom. The summed E-state index contributed by atoms with van der Waals surface area (Å²) in [5.74, 6) is 1.21. The van der Waals surface area contributed by atoms with Crippen LogP contribution in [0.5, 0.6) is 11.5 Å². The Hall–Kier alpha value is -2.78. The number of hydrogen-bond acceptors (Lipinski definition) is 2. The lowest BCUT2D eigenvalue weighted by Gasteiger charge is -2.09. The monoisotopic (exact) mass is 337 g/mol. The van der Waals surface area contributed by atoms with Crippen molar-refractivity contribution >= 4 is 23.2 Å². The molecule has 0 aliphatic heterocycles. The number of benzene rings is 3. The highest BCUT2D eigenvalue weighted by Gasteiger charge is 2.08. The molecule has 24 heavy (non-hydrogen) atoms. The number of rotatable bonds is 4. The van der Waals surface area contributed by atoms with E-state index in [1.165, 1.54) is 5.56 Å². The van der Waals surface area contributed by atoms with Crippen molar-refractivity contribution in [1.29, 1.82) is 0 Å². The van der Waals surface area contributed by atoms with Crippen molar-refractivity contribution in [3.8, 4) is 11.5 Å². The predicted molar refractivity (Wildman–Crippen MR) is 97.1 cm³/mol. The van der Waals surface area contributed by atoms with Crippen molar-refractivity contribution in [3.63, 3.8) is 0 Å². The smallest absolute Gasteiger partial charge is 0.255 e. The molecule has 0 atom stereocenters. The molecular formula is C20H16ClNO2. The Morgan fingerprint density at radius 3 is 2.08 bits per heavy atom. The number of hydrogen-bond donors (Lipinski definition) is 1. The van der Waals surface area contributed by atoms with E-state index >= 15 is 0 Å². The minimum absolute atomic E-state index is 0.218. The first-order chi connectivity index (χ1) is 11.6. The summed E-state index contributed by atoms with van der Waals surface area (Å²) in [6.45, 7) is 2.02. The Labute approximate surface area is 145 Å². The third-order valence-electron chi connectivity index (χ3n) is 3.50. The highest BCUT2D eigenvalue weighted by molar-refractivity contribution is 6.33. The SMILES string of the molecule is Cc1ccc(Oc2ccc(C(=O)Nc3ccccc3Cl)cc2)cc1. The van der Waals surface area contributed by atoms with Gasteiger partial charge in [0.05, 0.1) is 10.7 Å². The molecule has 3 aromatic rings. The fraction of sp³-hybridized carbons (Fsp3) is 0.0500. The molecular weight excluding hydrogens is 322 g/mol. The maximum atomic E-state index is 12.3. The normalized spacial score (nSPS) is 10.2. The van der Waals surface area contributed by atoms with Crippen molar-refractivity contribution in [2.45, 2.75) is 6.92 Å². The van der Waals surface area contributed by atoms with Crippen LogP contribution >= 0.6 is 11.6 Å². The lowest BCUT2D eigenvalue weighted by atomic mass is 10.2. The number of amides is 1. The van der Waals surface area contributed by atoms with E-state index in [-0.39, 0.29) is 5.91 Å². The second-order valence-corrected chi connectivity index (χ2v) is 5.78. The van der Waals surface area contributed by atoms with E-state index in [2.05, 4.69) is 5.32 Å². The van der Waals surface area contributed by atoms with Crippen LogP contribution in [0.2, 0.25) is 5.02 Å². The Balaban J connectivity index is 1.68. The Morgan fingerprint density at radius 2 is 1.46 bits per heavy atom. The van der Waals surface area contributed by atoms with E-state index in [9.17, 15) is 4.79 Å². The maximum Gasteiger partial charge on any atom is 0.255 e. The highest BCUT2D eigenvalue weighted by Crippen LogP contribution is 2.24. The molecule has 0 saturated carbocycles. The summed E-state index contributed by atoms with van der Waals surface area (Å²) >= 11 is 6.05. The summed E-state index contributed by atoms with van der Waals surface area (Å²) in [7, 11) is 0. The fourth-order valence-corrected chi connectivity index (χ4v) is 2.36. The van der Waals surface area contributed by atoms with Crippen LogP contribution in [0.1, 0.15) is 15.9 Å². The maximum absolute atomic E-state index is 12.3. The molecule has 3 aromatic carbocycles. The molecule has 0 unspecified atom stereocenters. The van der Waals surface area contributed by atoms with Crippen LogP contribution in [0.3, 0.4) is 0 Å². The van der Waals surface area contributed by atoms with Gasteiger partial charge in [-0.05, 0) is 55.5 Å². The Kier molecular flexibility index (Phi) is 4.82. The van der Waals surface area contributed by atoms with Crippen molar-refractivity contribution in [3.05, 3.63) is 88.9 Å². The summed E-state index contributed by atoms with van der Waals surface area (Å²) in [6.07, 6.45) is 0. The number of anilines is 1. The van der Waals surface area contributed by atoms with E-state index in [1.807, 2.05) is 43.3 Å². The fourth-order valence-electron chi connectivity index (χ4n) is 2.17. The topological polar surface area (TPSA) is 38.3 Å². The van der Waals surface area contributed by atoms with Crippen molar-refractivity contribution in [2.24, 2.45) is 0 Å². The minimum Gasteiger partial charge on any atom is -0.457 e. The molecule has 0 aromatic heterocycles.